The molecule has 9 heteroatoms. The lowest BCUT2D eigenvalue weighted by atomic mass is 9.94. The van der Waals surface area contributed by atoms with E-state index in [2.05, 4.69) is 0 Å². The van der Waals surface area contributed by atoms with Gasteiger partial charge in [-0.25, -0.2) is 17.2 Å². The molecule has 1 amide bonds. The summed E-state index contributed by atoms with van der Waals surface area (Å²) in [6.07, 6.45) is 0.955. The van der Waals surface area contributed by atoms with Crippen LogP contribution >= 0.6 is 0 Å². The minimum absolute atomic E-state index is 0.0330. The van der Waals surface area contributed by atoms with Crippen LogP contribution in [0.1, 0.15) is 36.2 Å². The Morgan fingerprint density at radius 1 is 1.09 bits per heavy atom. The topological polar surface area (TPSA) is 66.9 Å². The molecule has 6 nitrogen and oxygen atoms in total. The SMILES string of the molecule is COc1ccc(C(=O)N(C)Cc2ccc(F)c(F)c2)cc1S(=O)(=O)N1CC(C)CC(C)C1. The summed E-state index contributed by atoms with van der Waals surface area (Å²) in [6.45, 7) is 4.88. The number of carbonyl (C=O) groups excluding carboxylic acids is 1. The predicted octanol–water partition coefficient (Wildman–Crippen LogP) is 3.91. The number of benzene rings is 2. The van der Waals surface area contributed by atoms with Gasteiger partial charge in [0.25, 0.3) is 5.91 Å². The zero-order valence-electron chi connectivity index (χ0n) is 18.6. The number of sulfonamides is 1. The molecule has 0 N–H and O–H groups in total. The first kappa shape index (κ1) is 24.1. The number of nitrogens with zero attached hydrogens (tertiary/aromatic N) is 2. The van der Waals surface area contributed by atoms with Crippen LogP contribution in [-0.2, 0) is 16.6 Å². The van der Waals surface area contributed by atoms with Crippen LogP contribution in [0.2, 0.25) is 0 Å². The summed E-state index contributed by atoms with van der Waals surface area (Å²) in [4.78, 5) is 14.2. The Morgan fingerprint density at radius 2 is 1.75 bits per heavy atom. The van der Waals surface area contributed by atoms with Gasteiger partial charge in [-0.1, -0.05) is 19.9 Å². The van der Waals surface area contributed by atoms with Gasteiger partial charge in [0.1, 0.15) is 10.6 Å². The lowest BCUT2D eigenvalue weighted by Crippen LogP contribution is -2.42. The molecule has 2 atom stereocenters. The van der Waals surface area contributed by atoms with Gasteiger partial charge in [-0.05, 0) is 54.2 Å². The maximum atomic E-state index is 13.5. The van der Waals surface area contributed by atoms with Gasteiger partial charge in [-0.3, -0.25) is 4.79 Å². The van der Waals surface area contributed by atoms with Gasteiger partial charge in [-0.15, -0.1) is 0 Å². The number of hydrogen-bond donors (Lipinski definition) is 0. The summed E-state index contributed by atoms with van der Waals surface area (Å²) in [5.41, 5.74) is 0.574. The summed E-state index contributed by atoms with van der Waals surface area (Å²) in [6, 6.07) is 7.70. The molecule has 32 heavy (non-hydrogen) atoms. The van der Waals surface area contributed by atoms with E-state index in [-0.39, 0.29) is 34.6 Å². The highest BCUT2D eigenvalue weighted by Gasteiger charge is 2.34. The van der Waals surface area contributed by atoms with E-state index < -0.39 is 27.6 Å². The second-order valence-electron chi connectivity index (χ2n) is 8.54. The Labute approximate surface area is 187 Å². The molecule has 0 aromatic heterocycles. The van der Waals surface area contributed by atoms with E-state index in [0.717, 1.165) is 18.6 Å². The molecule has 2 unspecified atom stereocenters. The Balaban J connectivity index is 1.89. The van der Waals surface area contributed by atoms with Crippen LogP contribution in [0.25, 0.3) is 0 Å². The summed E-state index contributed by atoms with van der Waals surface area (Å²) in [5.74, 6) is -1.79. The first-order chi connectivity index (χ1) is 15.0. The average molecular weight is 467 g/mol. The van der Waals surface area contributed by atoms with Crippen molar-refractivity contribution in [3.8, 4) is 5.75 Å². The molecule has 174 valence electrons. The fraction of sp³-hybridized carbons (Fsp3) is 0.435. The van der Waals surface area contributed by atoms with Crippen molar-refractivity contribution < 1.29 is 26.7 Å². The lowest BCUT2D eigenvalue weighted by Gasteiger charge is -2.34. The number of rotatable bonds is 6. The number of ether oxygens (including phenoxy) is 1. The minimum atomic E-state index is -3.88. The summed E-state index contributed by atoms with van der Waals surface area (Å²) in [5, 5.41) is 0. The number of amides is 1. The number of piperidine rings is 1. The molecule has 1 aliphatic rings. The van der Waals surface area contributed by atoms with Gasteiger partial charge in [0.2, 0.25) is 10.0 Å². The maximum absolute atomic E-state index is 13.5. The third-order valence-corrected chi connectivity index (χ3v) is 7.47. The molecular weight excluding hydrogens is 438 g/mol. The zero-order chi connectivity index (χ0) is 23.6. The third-order valence-electron chi connectivity index (χ3n) is 5.61. The monoisotopic (exact) mass is 466 g/mol. The Hall–Kier alpha value is -2.52. The molecule has 0 saturated carbocycles. The van der Waals surface area contributed by atoms with Gasteiger partial charge in [0.15, 0.2) is 11.6 Å². The minimum Gasteiger partial charge on any atom is -0.495 e. The quantitative estimate of drug-likeness (QED) is 0.648. The Morgan fingerprint density at radius 3 is 2.34 bits per heavy atom. The molecule has 1 aliphatic heterocycles. The van der Waals surface area contributed by atoms with E-state index in [4.69, 9.17) is 4.74 Å². The van der Waals surface area contributed by atoms with Crippen molar-refractivity contribution in [1.29, 1.82) is 0 Å². The highest BCUT2D eigenvalue weighted by atomic mass is 32.2. The van der Waals surface area contributed by atoms with E-state index in [0.29, 0.717) is 18.7 Å². The van der Waals surface area contributed by atoms with Crippen LogP contribution < -0.4 is 4.74 Å². The van der Waals surface area contributed by atoms with Gasteiger partial charge < -0.3 is 9.64 Å². The van der Waals surface area contributed by atoms with Crippen LogP contribution in [0.5, 0.6) is 5.75 Å². The van der Waals surface area contributed by atoms with Gasteiger partial charge >= 0.3 is 0 Å². The number of carbonyl (C=O) groups is 1. The summed E-state index contributed by atoms with van der Waals surface area (Å²) < 4.78 is 60.2. The van der Waals surface area contributed by atoms with Crippen LogP contribution in [0, 0.1) is 23.5 Å². The summed E-state index contributed by atoms with van der Waals surface area (Å²) >= 11 is 0. The number of halogens is 2. The van der Waals surface area contributed by atoms with Gasteiger partial charge in [0, 0.05) is 32.2 Å². The maximum Gasteiger partial charge on any atom is 0.253 e. The number of methoxy groups -OCH3 is 1. The first-order valence-electron chi connectivity index (χ1n) is 10.4. The molecule has 0 bridgehead atoms. The normalized spacial score (nSPS) is 19.6. The van der Waals surface area contributed by atoms with E-state index in [1.165, 1.54) is 47.6 Å². The molecule has 0 radical (unpaired) electrons. The van der Waals surface area contributed by atoms with Gasteiger partial charge in [-0.2, -0.15) is 4.31 Å². The van der Waals surface area contributed by atoms with Crippen molar-refractivity contribution >= 4 is 15.9 Å². The van der Waals surface area contributed by atoms with Crippen LogP contribution in [0.3, 0.4) is 0 Å². The second-order valence-corrected chi connectivity index (χ2v) is 10.4. The average Bonchev–Trinajstić information content (AvgIpc) is 2.74. The van der Waals surface area contributed by atoms with Crippen molar-refractivity contribution in [2.75, 3.05) is 27.2 Å². The molecule has 2 aromatic carbocycles. The van der Waals surface area contributed by atoms with Crippen molar-refractivity contribution in [2.24, 2.45) is 11.8 Å². The predicted molar refractivity (Wildman–Crippen MR) is 117 cm³/mol. The van der Waals surface area contributed by atoms with E-state index in [1.807, 2.05) is 13.8 Å². The van der Waals surface area contributed by atoms with E-state index in [1.54, 1.807) is 0 Å². The molecule has 1 fully saturated rings. The second kappa shape index (κ2) is 9.54. The molecule has 0 spiro atoms. The first-order valence-corrected chi connectivity index (χ1v) is 11.8. The van der Waals surface area contributed by atoms with Crippen LogP contribution in [0.4, 0.5) is 8.78 Å². The fourth-order valence-corrected chi connectivity index (χ4v) is 6.02. The molecule has 1 heterocycles. The third kappa shape index (κ3) is 5.10. The largest absolute Gasteiger partial charge is 0.495 e. The Kier molecular flexibility index (Phi) is 7.19. The molecule has 2 aromatic rings. The van der Waals surface area contributed by atoms with E-state index in [9.17, 15) is 22.0 Å². The highest BCUT2D eigenvalue weighted by molar-refractivity contribution is 7.89. The molecular formula is C23H28F2N2O4S. The van der Waals surface area contributed by atoms with Gasteiger partial charge in [0.05, 0.1) is 7.11 Å². The van der Waals surface area contributed by atoms with Crippen molar-refractivity contribution in [3.63, 3.8) is 0 Å². The van der Waals surface area contributed by atoms with Crippen molar-refractivity contribution in [2.45, 2.75) is 31.7 Å². The standard InChI is InChI=1S/C23H28F2N2O4S/c1-15-9-16(2)13-27(12-15)32(29,30)22-11-18(6-8-21(22)31-4)23(28)26(3)14-17-5-7-19(24)20(25)10-17/h5-8,10-11,15-16H,9,12-14H2,1-4H3. The lowest BCUT2D eigenvalue weighted by molar-refractivity contribution is 0.0784. The van der Waals surface area contributed by atoms with Crippen molar-refractivity contribution in [1.82, 2.24) is 9.21 Å². The smallest absolute Gasteiger partial charge is 0.253 e. The molecule has 1 saturated heterocycles. The fourth-order valence-electron chi connectivity index (χ4n) is 4.16. The summed E-state index contributed by atoms with van der Waals surface area (Å²) in [7, 11) is -0.984. The van der Waals surface area contributed by atoms with Crippen molar-refractivity contribution in [3.05, 3.63) is 59.2 Å². The highest BCUT2D eigenvalue weighted by Crippen LogP contribution is 2.32. The number of hydrogen-bond acceptors (Lipinski definition) is 4. The Bertz CT molecular complexity index is 1100. The van der Waals surface area contributed by atoms with E-state index >= 15 is 0 Å². The van der Waals surface area contributed by atoms with Crippen LogP contribution in [-0.4, -0.2) is 50.8 Å². The molecule has 3 rings (SSSR count). The van der Waals surface area contributed by atoms with Crippen LogP contribution in [0.15, 0.2) is 41.3 Å². The zero-order valence-corrected chi connectivity index (χ0v) is 19.5. The molecule has 0 aliphatic carbocycles.